The van der Waals surface area contributed by atoms with Crippen molar-refractivity contribution in [2.45, 2.75) is 6.61 Å². The van der Waals surface area contributed by atoms with Gasteiger partial charge in [-0.3, -0.25) is 0 Å². The number of hydrogen-bond donors (Lipinski definition) is 2. The van der Waals surface area contributed by atoms with E-state index in [1.807, 2.05) is 18.2 Å². The Hall–Kier alpha value is -0.290. The van der Waals surface area contributed by atoms with Crippen LogP contribution in [0.15, 0.2) is 18.2 Å². The maximum absolute atomic E-state index is 8.78. The minimum Gasteiger partial charge on any atom is -0.398 e. The number of aliphatic hydroxyl groups is 1. The summed E-state index contributed by atoms with van der Waals surface area (Å²) >= 11 is 2.12. The maximum atomic E-state index is 8.78. The highest BCUT2D eigenvalue weighted by atomic mass is 127. The summed E-state index contributed by atoms with van der Waals surface area (Å²) < 4.78 is 0.947. The van der Waals surface area contributed by atoms with E-state index in [1.54, 1.807) is 0 Å². The highest BCUT2D eigenvalue weighted by Crippen LogP contribution is 2.18. The summed E-state index contributed by atoms with van der Waals surface area (Å²) in [5.41, 5.74) is 7.20. The van der Waals surface area contributed by atoms with Gasteiger partial charge in [-0.1, -0.05) is 12.1 Å². The van der Waals surface area contributed by atoms with Crippen molar-refractivity contribution in [2.75, 3.05) is 5.73 Å². The summed E-state index contributed by atoms with van der Waals surface area (Å²) in [5, 5.41) is 8.78. The molecule has 1 aromatic carbocycles. The zero-order valence-electron chi connectivity index (χ0n) is 5.34. The van der Waals surface area contributed by atoms with Crippen LogP contribution in [-0.4, -0.2) is 5.11 Å². The van der Waals surface area contributed by atoms with Crippen molar-refractivity contribution < 1.29 is 5.11 Å². The number of benzene rings is 1. The lowest BCUT2D eigenvalue weighted by atomic mass is 10.2. The fourth-order valence-corrected chi connectivity index (χ4v) is 1.25. The Labute approximate surface area is 73.2 Å². The van der Waals surface area contributed by atoms with Gasteiger partial charge in [-0.25, -0.2) is 0 Å². The third kappa shape index (κ3) is 1.41. The number of halogens is 1. The van der Waals surface area contributed by atoms with E-state index in [-0.39, 0.29) is 6.61 Å². The number of nitrogen functional groups attached to an aromatic ring is 1. The van der Waals surface area contributed by atoms with Crippen LogP contribution in [0.4, 0.5) is 5.69 Å². The number of anilines is 1. The van der Waals surface area contributed by atoms with Crippen molar-refractivity contribution in [3.8, 4) is 0 Å². The minimum absolute atomic E-state index is 0.0588. The first-order chi connectivity index (χ1) is 4.75. The fourth-order valence-electron chi connectivity index (χ4n) is 0.722. The van der Waals surface area contributed by atoms with Gasteiger partial charge in [0.05, 0.1) is 6.61 Å². The van der Waals surface area contributed by atoms with Crippen LogP contribution in [0, 0.1) is 3.57 Å². The lowest BCUT2D eigenvalue weighted by molar-refractivity contribution is 0.281. The SMILES string of the molecule is Nc1cccc(CO)c1I. The van der Waals surface area contributed by atoms with Crippen LogP contribution in [0.25, 0.3) is 0 Å². The van der Waals surface area contributed by atoms with Crippen molar-refractivity contribution in [3.63, 3.8) is 0 Å². The molecule has 0 amide bonds. The molecule has 0 heterocycles. The van der Waals surface area contributed by atoms with E-state index in [0.717, 1.165) is 14.8 Å². The molecule has 54 valence electrons. The molecule has 3 N–H and O–H groups in total. The molecule has 0 saturated carbocycles. The van der Waals surface area contributed by atoms with E-state index in [0.29, 0.717) is 0 Å². The average molecular weight is 249 g/mol. The molecule has 0 aliphatic rings. The van der Waals surface area contributed by atoms with Crippen molar-refractivity contribution in [1.82, 2.24) is 0 Å². The molecule has 0 spiro atoms. The summed E-state index contributed by atoms with van der Waals surface area (Å²) in [6.07, 6.45) is 0. The Balaban J connectivity index is 3.14. The summed E-state index contributed by atoms with van der Waals surface area (Å²) in [6.45, 7) is 0.0588. The van der Waals surface area contributed by atoms with Gasteiger partial charge < -0.3 is 10.8 Å². The summed E-state index contributed by atoms with van der Waals surface area (Å²) in [6, 6.07) is 5.52. The van der Waals surface area contributed by atoms with Gasteiger partial charge in [-0.15, -0.1) is 0 Å². The smallest absolute Gasteiger partial charge is 0.0692 e. The van der Waals surface area contributed by atoms with E-state index >= 15 is 0 Å². The molecule has 0 radical (unpaired) electrons. The van der Waals surface area contributed by atoms with Crippen LogP contribution in [0.2, 0.25) is 0 Å². The molecule has 10 heavy (non-hydrogen) atoms. The molecule has 0 unspecified atom stereocenters. The fraction of sp³-hybridized carbons (Fsp3) is 0.143. The number of aliphatic hydroxyl groups excluding tert-OH is 1. The normalized spacial score (nSPS) is 9.80. The molecule has 0 saturated heterocycles. The zero-order chi connectivity index (χ0) is 7.56. The molecule has 0 bridgehead atoms. The lowest BCUT2D eigenvalue weighted by Crippen LogP contribution is -1.94. The summed E-state index contributed by atoms with van der Waals surface area (Å²) in [7, 11) is 0. The topological polar surface area (TPSA) is 46.2 Å². The Morgan fingerprint density at radius 3 is 2.70 bits per heavy atom. The van der Waals surface area contributed by atoms with Gasteiger partial charge in [-0.05, 0) is 34.2 Å². The van der Waals surface area contributed by atoms with E-state index in [9.17, 15) is 0 Å². The van der Waals surface area contributed by atoms with E-state index < -0.39 is 0 Å². The van der Waals surface area contributed by atoms with E-state index in [1.165, 1.54) is 0 Å². The largest absolute Gasteiger partial charge is 0.398 e. The predicted molar refractivity (Wildman–Crippen MR) is 49.5 cm³/mol. The van der Waals surface area contributed by atoms with Crippen molar-refractivity contribution in [1.29, 1.82) is 0 Å². The molecule has 0 fully saturated rings. The van der Waals surface area contributed by atoms with Crippen LogP contribution >= 0.6 is 22.6 Å². The molecule has 2 nitrogen and oxygen atoms in total. The Morgan fingerprint density at radius 2 is 2.20 bits per heavy atom. The van der Waals surface area contributed by atoms with Gasteiger partial charge in [0.25, 0.3) is 0 Å². The second-order valence-electron chi connectivity index (χ2n) is 1.98. The van der Waals surface area contributed by atoms with Crippen molar-refractivity contribution >= 4 is 28.3 Å². The van der Waals surface area contributed by atoms with E-state index in [4.69, 9.17) is 10.8 Å². The Kier molecular flexibility index (Phi) is 2.50. The molecule has 0 aliphatic heterocycles. The zero-order valence-corrected chi connectivity index (χ0v) is 7.50. The van der Waals surface area contributed by atoms with Crippen LogP contribution < -0.4 is 5.73 Å². The first-order valence-corrected chi connectivity index (χ1v) is 3.97. The van der Waals surface area contributed by atoms with Gasteiger partial charge in [0.1, 0.15) is 0 Å². The van der Waals surface area contributed by atoms with Crippen molar-refractivity contribution in [3.05, 3.63) is 27.3 Å². The average Bonchev–Trinajstić information content (AvgIpc) is 1.95. The van der Waals surface area contributed by atoms with Crippen LogP contribution in [0.1, 0.15) is 5.56 Å². The molecule has 3 heteroatoms. The second kappa shape index (κ2) is 3.21. The third-order valence-electron chi connectivity index (χ3n) is 1.28. The van der Waals surface area contributed by atoms with Crippen LogP contribution in [0.3, 0.4) is 0 Å². The quantitative estimate of drug-likeness (QED) is 0.583. The Morgan fingerprint density at radius 1 is 1.50 bits per heavy atom. The highest BCUT2D eigenvalue weighted by molar-refractivity contribution is 14.1. The van der Waals surface area contributed by atoms with Gasteiger partial charge in [0.15, 0.2) is 0 Å². The Bertz CT molecular complexity index is 237. The van der Waals surface area contributed by atoms with Crippen molar-refractivity contribution in [2.24, 2.45) is 0 Å². The molecule has 0 atom stereocenters. The first-order valence-electron chi connectivity index (χ1n) is 2.89. The van der Waals surface area contributed by atoms with Gasteiger partial charge in [0.2, 0.25) is 0 Å². The standard InChI is InChI=1S/C7H8INO/c8-7-5(4-10)2-1-3-6(7)9/h1-3,10H,4,9H2. The van der Waals surface area contributed by atoms with Gasteiger partial charge in [0, 0.05) is 9.26 Å². The molecule has 1 rings (SSSR count). The molecule has 1 aromatic rings. The first kappa shape index (κ1) is 7.81. The number of rotatable bonds is 1. The molecular weight excluding hydrogens is 241 g/mol. The molecule has 0 aliphatic carbocycles. The second-order valence-corrected chi connectivity index (χ2v) is 3.06. The third-order valence-corrected chi connectivity index (χ3v) is 2.59. The summed E-state index contributed by atoms with van der Waals surface area (Å²) in [4.78, 5) is 0. The molecule has 0 aromatic heterocycles. The number of hydrogen-bond acceptors (Lipinski definition) is 2. The van der Waals surface area contributed by atoms with E-state index in [2.05, 4.69) is 22.6 Å². The van der Waals surface area contributed by atoms with Crippen LogP contribution in [-0.2, 0) is 6.61 Å². The summed E-state index contributed by atoms with van der Waals surface area (Å²) in [5.74, 6) is 0. The maximum Gasteiger partial charge on any atom is 0.0692 e. The highest BCUT2D eigenvalue weighted by Gasteiger charge is 1.99. The number of nitrogens with two attached hydrogens (primary N) is 1. The molecular formula is C7H8INO. The lowest BCUT2D eigenvalue weighted by Gasteiger charge is -2.01. The van der Waals surface area contributed by atoms with Gasteiger partial charge in [-0.2, -0.15) is 0 Å². The van der Waals surface area contributed by atoms with Crippen LogP contribution in [0.5, 0.6) is 0 Å². The van der Waals surface area contributed by atoms with Gasteiger partial charge >= 0.3 is 0 Å². The monoisotopic (exact) mass is 249 g/mol. The predicted octanol–water partition coefficient (Wildman–Crippen LogP) is 1.37. The minimum atomic E-state index is 0.0588.